The van der Waals surface area contributed by atoms with E-state index < -0.39 is 0 Å². The second-order valence-corrected chi connectivity index (χ2v) is 3.40. The zero-order valence-electron chi connectivity index (χ0n) is 9.19. The van der Waals surface area contributed by atoms with Gasteiger partial charge in [-0.3, -0.25) is 4.79 Å². The number of rotatable bonds is 4. The number of carbonyl (C=O) groups is 1. The molecule has 1 aromatic carbocycles. The molecule has 15 heavy (non-hydrogen) atoms. The highest BCUT2D eigenvalue weighted by atomic mass is 16.5. The number of benzene rings is 1. The van der Waals surface area contributed by atoms with Gasteiger partial charge in [-0.15, -0.1) is 0 Å². The summed E-state index contributed by atoms with van der Waals surface area (Å²) in [7, 11) is 0. The molecule has 0 aromatic heterocycles. The molecular weight excluding hydrogens is 190 g/mol. The summed E-state index contributed by atoms with van der Waals surface area (Å²) in [4.78, 5) is 11.6. The maximum absolute atomic E-state index is 11.6. The van der Waals surface area contributed by atoms with E-state index in [1.807, 2.05) is 31.2 Å². The van der Waals surface area contributed by atoms with Crippen LogP contribution in [0.4, 0.5) is 0 Å². The zero-order valence-corrected chi connectivity index (χ0v) is 9.19. The summed E-state index contributed by atoms with van der Waals surface area (Å²) in [6.07, 6.45) is 0. The Morgan fingerprint density at radius 2 is 2.13 bits per heavy atom. The van der Waals surface area contributed by atoms with Gasteiger partial charge in [-0.1, -0.05) is 24.3 Å². The third kappa shape index (κ3) is 2.80. The Morgan fingerprint density at radius 1 is 1.47 bits per heavy atom. The number of ether oxygens (including phenoxy) is 1. The van der Waals surface area contributed by atoms with Crippen molar-refractivity contribution in [3.8, 4) is 0 Å². The second-order valence-electron chi connectivity index (χ2n) is 3.40. The smallest absolute Gasteiger partial charge is 0.314 e. The highest BCUT2D eigenvalue weighted by Gasteiger charge is 2.21. The minimum absolute atomic E-state index is 0.241. The molecule has 0 aliphatic heterocycles. The molecule has 82 valence electrons. The highest BCUT2D eigenvalue weighted by molar-refractivity contribution is 5.79. The second kappa shape index (κ2) is 5.51. The van der Waals surface area contributed by atoms with Gasteiger partial charge in [0.2, 0.25) is 0 Å². The van der Waals surface area contributed by atoms with Crippen molar-refractivity contribution in [2.75, 3.05) is 13.2 Å². The Morgan fingerprint density at radius 3 is 2.67 bits per heavy atom. The van der Waals surface area contributed by atoms with Crippen molar-refractivity contribution >= 4 is 5.97 Å². The third-order valence-corrected chi connectivity index (χ3v) is 2.37. The Labute approximate surface area is 90.2 Å². The van der Waals surface area contributed by atoms with E-state index in [1.165, 1.54) is 0 Å². The van der Waals surface area contributed by atoms with Crippen molar-refractivity contribution in [1.29, 1.82) is 0 Å². The van der Waals surface area contributed by atoms with Gasteiger partial charge < -0.3 is 10.5 Å². The minimum Gasteiger partial charge on any atom is -0.465 e. The zero-order chi connectivity index (χ0) is 11.3. The Bertz CT molecular complexity index is 336. The first-order valence-corrected chi connectivity index (χ1v) is 5.13. The molecule has 0 spiro atoms. The fraction of sp³-hybridized carbons (Fsp3) is 0.417. The summed E-state index contributed by atoms with van der Waals surface area (Å²) < 4.78 is 4.99. The lowest BCUT2D eigenvalue weighted by Crippen LogP contribution is -2.24. The first kappa shape index (κ1) is 11.7. The van der Waals surface area contributed by atoms with Crippen LogP contribution in [-0.2, 0) is 9.53 Å². The van der Waals surface area contributed by atoms with Crippen LogP contribution in [0.3, 0.4) is 0 Å². The van der Waals surface area contributed by atoms with Crippen LogP contribution in [0.15, 0.2) is 24.3 Å². The molecule has 3 heteroatoms. The van der Waals surface area contributed by atoms with Crippen molar-refractivity contribution in [1.82, 2.24) is 0 Å². The van der Waals surface area contributed by atoms with Gasteiger partial charge in [-0.25, -0.2) is 0 Å². The molecule has 2 N–H and O–H groups in total. The standard InChI is InChI=1S/C12H17NO2/c1-3-15-12(14)11(8-13)10-7-5-4-6-9(10)2/h4-7,11H,3,8,13H2,1-2H3. The largest absolute Gasteiger partial charge is 0.465 e. The summed E-state index contributed by atoms with van der Waals surface area (Å²) in [6, 6.07) is 7.74. The Kier molecular flexibility index (Phi) is 4.31. The minimum atomic E-state index is -0.342. The quantitative estimate of drug-likeness (QED) is 0.763. The molecule has 3 nitrogen and oxygen atoms in total. The Hall–Kier alpha value is -1.35. The number of carbonyl (C=O) groups excluding carboxylic acids is 1. The van der Waals surface area contributed by atoms with E-state index in [2.05, 4.69) is 0 Å². The fourth-order valence-electron chi connectivity index (χ4n) is 1.57. The molecule has 0 aliphatic rings. The first-order valence-electron chi connectivity index (χ1n) is 5.13. The van der Waals surface area contributed by atoms with Gasteiger partial charge in [0, 0.05) is 6.54 Å². The molecule has 1 atom stereocenters. The van der Waals surface area contributed by atoms with Gasteiger partial charge in [0.05, 0.1) is 12.5 Å². The van der Waals surface area contributed by atoms with E-state index in [0.717, 1.165) is 11.1 Å². The van der Waals surface area contributed by atoms with Crippen molar-refractivity contribution in [3.05, 3.63) is 35.4 Å². The molecule has 0 saturated heterocycles. The van der Waals surface area contributed by atoms with Gasteiger partial charge in [-0.05, 0) is 25.0 Å². The van der Waals surface area contributed by atoms with Crippen LogP contribution in [-0.4, -0.2) is 19.1 Å². The Balaban J connectivity index is 2.92. The van der Waals surface area contributed by atoms with Crippen LogP contribution in [0, 0.1) is 6.92 Å². The maximum Gasteiger partial charge on any atom is 0.314 e. The third-order valence-electron chi connectivity index (χ3n) is 2.37. The summed E-state index contributed by atoms with van der Waals surface area (Å²) in [5.74, 6) is -0.583. The number of aryl methyl sites for hydroxylation is 1. The monoisotopic (exact) mass is 207 g/mol. The van der Waals surface area contributed by atoms with Crippen LogP contribution in [0.2, 0.25) is 0 Å². The van der Waals surface area contributed by atoms with E-state index >= 15 is 0 Å². The normalized spacial score (nSPS) is 12.2. The van der Waals surface area contributed by atoms with Crippen molar-refractivity contribution in [3.63, 3.8) is 0 Å². The van der Waals surface area contributed by atoms with Crippen LogP contribution in [0.1, 0.15) is 24.0 Å². The average Bonchev–Trinajstić information content (AvgIpc) is 2.22. The van der Waals surface area contributed by atoms with Crippen LogP contribution in [0.25, 0.3) is 0 Å². The van der Waals surface area contributed by atoms with Gasteiger partial charge in [-0.2, -0.15) is 0 Å². The van der Waals surface area contributed by atoms with Gasteiger partial charge in [0.1, 0.15) is 0 Å². The molecular formula is C12H17NO2. The molecule has 1 unspecified atom stereocenters. The van der Waals surface area contributed by atoms with E-state index in [4.69, 9.17) is 10.5 Å². The number of esters is 1. The first-order chi connectivity index (χ1) is 7.20. The summed E-state index contributed by atoms with van der Waals surface area (Å²) >= 11 is 0. The summed E-state index contributed by atoms with van der Waals surface area (Å²) in [6.45, 7) is 4.44. The van der Waals surface area contributed by atoms with E-state index in [0.29, 0.717) is 6.61 Å². The molecule has 0 bridgehead atoms. The molecule has 0 fully saturated rings. The number of hydrogen-bond donors (Lipinski definition) is 1. The van der Waals surface area contributed by atoms with Crippen molar-refractivity contribution in [2.45, 2.75) is 19.8 Å². The predicted molar refractivity (Wildman–Crippen MR) is 59.6 cm³/mol. The van der Waals surface area contributed by atoms with E-state index in [-0.39, 0.29) is 18.4 Å². The van der Waals surface area contributed by atoms with Crippen LogP contribution in [0.5, 0.6) is 0 Å². The van der Waals surface area contributed by atoms with Crippen LogP contribution < -0.4 is 5.73 Å². The predicted octanol–water partition coefficient (Wildman–Crippen LogP) is 1.60. The summed E-state index contributed by atoms with van der Waals surface area (Å²) in [5.41, 5.74) is 7.63. The molecule has 0 radical (unpaired) electrons. The van der Waals surface area contributed by atoms with Gasteiger partial charge in [0.15, 0.2) is 0 Å². The van der Waals surface area contributed by atoms with Crippen molar-refractivity contribution in [2.24, 2.45) is 5.73 Å². The van der Waals surface area contributed by atoms with Gasteiger partial charge in [0.25, 0.3) is 0 Å². The van der Waals surface area contributed by atoms with Crippen molar-refractivity contribution < 1.29 is 9.53 Å². The molecule has 0 heterocycles. The number of nitrogens with two attached hydrogens (primary N) is 1. The maximum atomic E-state index is 11.6. The molecule has 0 saturated carbocycles. The SMILES string of the molecule is CCOC(=O)C(CN)c1ccccc1C. The lowest BCUT2D eigenvalue weighted by molar-refractivity contribution is -0.144. The molecule has 0 aliphatic carbocycles. The fourth-order valence-corrected chi connectivity index (χ4v) is 1.57. The topological polar surface area (TPSA) is 52.3 Å². The van der Waals surface area contributed by atoms with E-state index in [1.54, 1.807) is 6.92 Å². The molecule has 1 aromatic rings. The van der Waals surface area contributed by atoms with Gasteiger partial charge >= 0.3 is 5.97 Å². The van der Waals surface area contributed by atoms with E-state index in [9.17, 15) is 4.79 Å². The lowest BCUT2D eigenvalue weighted by atomic mass is 9.95. The highest BCUT2D eigenvalue weighted by Crippen LogP contribution is 2.19. The lowest BCUT2D eigenvalue weighted by Gasteiger charge is -2.15. The summed E-state index contributed by atoms with van der Waals surface area (Å²) in [5, 5.41) is 0. The van der Waals surface area contributed by atoms with Crippen LogP contribution >= 0.6 is 0 Å². The number of hydrogen-bond acceptors (Lipinski definition) is 3. The average molecular weight is 207 g/mol. The molecule has 1 rings (SSSR count). The molecule has 0 amide bonds.